The summed E-state index contributed by atoms with van der Waals surface area (Å²) in [6.07, 6.45) is 15.7. The van der Waals surface area contributed by atoms with Gasteiger partial charge in [-0.25, -0.2) is 5.48 Å². The topological polar surface area (TPSA) is 86.6 Å². The number of hydrogen-bond acceptors (Lipinski definition) is 3. The molecular weight excluding hydrogens is 282 g/mol. The quantitative estimate of drug-likeness (QED) is 0.223. The minimum Gasteiger partial charge on any atom is -0.481 e. The molecule has 0 fully saturated rings. The molecule has 0 saturated heterocycles. The predicted molar refractivity (Wildman–Crippen MR) is 86.8 cm³/mol. The second kappa shape index (κ2) is 16.3. The van der Waals surface area contributed by atoms with Crippen molar-refractivity contribution in [1.82, 2.24) is 5.48 Å². The molecule has 0 aliphatic rings. The van der Waals surface area contributed by atoms with Crippen molar-refractivity contribution in [2.75, 3.05) is 0 Å². The van der Waals surface area contributed by atoms with Gasteiger partial charge in [-0.15, -0.1) is 0 Å². The first-order valence-electron chi connectivity index (χ1n) is 8.81. The molecule has 0 aromatic rings. The molecule has 0 bridgehead atoms. The number of hydrogen-bond donors (Lipinski definition) is 3. The Bertz CT molecular complexity index is 282. The summed E-state index contributed by atoms with van der Waals surface area (Å²) in [6.45, 7) is 0. The molecular formula is C17H33NO4. The Hall–Kier alpha value is -1.10. The third-order valence-electron chi connectivity index (χ3n) is 3.92. The molecule has 0 aliphatic heterocycles. The van der Waals surface area contributed by atoms with Gasteiger partial charge >= 0.3 is 5.97 Å². The van der Waals surface area contributed by atoms with Gasteiger partial charge in [0.05, 0.1) is 0 Å². The van der Waals surface area contributed by atoms with Crippen LogP contribution in [0.1, 0.15) is 96.3 Å². The highest BCUT2D eigenvalue weighted by Gasteiger charge is 1.99. The number of carboxylic acid groups (broad SMARTS) is 1. The zero-order valence-electron chi connectivity index (χ0n) is 13.8. The van der Waals surface area contributed by atoms with E-state index in [1.54, 1.807) is 5.48 Å². The van der Waals surface area contributed by atoms with E-state index in [-0.39, 0.29) is 5.91 Å². The van der Waals surface area contributed by atoms with Gasteiger partial charge in [-0.1, -0.05) is 70.6 Å². The van der Waals surface area contributed by atoms with E-state index >= 15 is 0 Å². The van der Waals surface area contributed by atoms with Gasteiger partial charge in [0, 0.05) is 12.8 Å². The van der Waals surface area contributed by atoms with E-state index in [0.717, 1.165) is 32.1 Å². The predicted octanol–water partition coefficient (Wildman–Crippen LogP) is 4.43. The van der Waals surface area contributed by atoms with E-state index in [2.05, 4.69) is 0 Å². The van der Waals surface area contributed by atoms with Gasteiger partial charge in [0.1, 0.15) is 0 Å². The maximum Gasteiger partial charge on any atom is 0.303 e. The van der Waals surface area contributed by atoms with Crippen molar-refractivity contribution in [2.24, 2.45) is 0 Å². The summed E-state index contributed by atoms with van der Waals surface area (Å²) in [5.41, 5.74) is 1.65. The molecule has 0 unspecified atom stereocenters. The lowest BCUT2D eigenvalue weighted by Gasteiger charge is -2.03. The summed E-state index contributed by atoms with van der Waals surface area (Å²) in [5.74, 6) is -0.973. The van der Waals surface area contributed by atoms with Crippen LogP contribution in [0.15, 0.2) is 0 Å². The van der Waals surface area contributed by atoms with Crippen molar-refractivity contribution in [2.45, 2.75) is 96.3 Å². The lowest BCUT2D eigenvalue weighted by Crippen LogP contribution is -2.17. The van der Waals surface area contributed by atoms with Crippen LogP contribution in [-0.4, -0.2) is 22.2 Å². The van der Waals surface area contributed by atoms with E-state index in [9.17, 15) is 9.59 Å². The Balaban J connectivity index is 3.02. The second-order valence-electron chi connectivity index (χ2n) is 6.02. The Labute approximate surface area is 134 Å². The minimum absolute atomic E-state index is 0.289. The largest absolute Gasteiger partial charge is 0.481 e. The van der Waals surface area contributed by atoms with Crippen LogP contribution in [0.25, 0.3) is 0 Å². The van der Waals surface area contributed by atoms with E-state index < -0.39 is 5.97 Å². The van der Waals surface area contributed by atoms with Crippen LogP contribution >= 0.6 is 0 Å². The molecule has 0 saturated carbocycles. The van der Waals surface area contributed by atoms with Gasteiger partial charge < -0.3 is 5.11 Å². The summed E-state index contributed by atoms with van der Waals surface area (Å²) < 4.78 is 0. The van der Waals surface area contributed by atoms with E-state index in [1.165, 1.54) is 51.4 Å². The van der Waals surface area contributed by atoms with Gasteiger partial charge in [-0.2, -0.15) is 0 Å². The van der Waals surface area contributed by atoms with Crippen molar-refractivity contribution in [3.05, 3.63) is 0 Å². The van der Waals surface area contributed by atoms with Crippen LogP contribution in [-0.2, 0) is 9.59 Å². The lowest BCUT2D eigenvalue weighted by molar-refractivity contribution is -0.137. The van der Waals surface area contributed by atoms with Gasteiger partial charge in [0.2, 0.25) is 5.91 Å². The average Bonchev–Trinajstić information content (AvgIpc) is 2.50. The summed E-state index contributed by atoms with van der Waals surface area (Å²) >= 11 is 0. The third kappa shape index (κ3) is 17.0. The first-order chi connectivity index (χ1) is 10.7. The summed E-state index contributed by atoms with van der Waals surface area (Å²) in [6, 6.07) is 0. The fraction of sp³-hybridized carbons (Fsp3) is 0.882. The number of carbonyl (C=O) groups is 2. The van der Waals surface area contributed by atoms with Crippen LogP contribution < -0.4 is 5.48 Å². The summed E-state index contributed by atoms with van der Waals surface area (Å²) in [7, 11) is 0. The molecule has 22 heavy (non-hydrogen) atoms. The molecule has 0 radical (unpaired) electrons. The Morgan fingerprint density at radius 2 is 0.909 bits per heavy atom. The maximum absolute atomic E-state index is 10.8. The van der Waals surface area contributed by atoms with Crippen LogP contribution in [0, 0.1) is 0 Å². The summed E-state index contributed by atoms with van der Waals surface area (Å²) in [4.78, 5) is 21.1. The van der Waals surface area contributed by atoms with Crippen LogP contribution in [0.4, 0.5) is 0 Å². The van der Waals surface area contributed by atoms with Crippen LogP contribution in [0.2, 0.25) is 0 Å². The zero-order chi connectivity index (χ0) is 16.5. The highest BCUT2D eigenvalue weighted by molar-refractivity contribution is 5.74. The second-order valence-corrected chi connectivity index (χ2v) is 6.02. The Morgan fingerprint density at radius 1 is 0.591 bits per heavy atom. The molecule has 0 aliphatic carbocycles. The van der Waals surface area contributed by atoms with E-state index in [4.69, 9.17) is 10.3 Å². The molecule has 0 atom stereocenters. The molecule has 5 heteroatoms. The maximum atomic E-state index is 10.8. The number of nitrogens with one attached hydrogen (secondary N) is 1. The number of unbranched alkanes of at least 4 members (excludes halogenated alkanes) is 12. The van der Waals surface area contributed by atoms with Crippen molar-refractivity contribution in [3.63, 3.8) is 0 Å². The number of aliphatic carboxylic acids is 1. The molecule has 130 valence electrons. The first-order valence-corrected chi connectivity index (χ1v) is 8.81. The molecule has 0 rings (SSSR count). The SMILES string of the molecule is O=C(O)CCCCCCCCCCCCCCCC(=O)NO. The highest BCUT2D eigenvalue weighted by Crippen LogP contribution is 2.13. The smallest absolute Gasteiger partial charge is 0.303 e. The molecule has 0 spiro atoms. The van der Waals surface area contributed by atoms with Crippen molar-refractivity contribution in [3.8, 4) is 0 Å². The molecule has 0 heterocycles. The molecule has 0 aromatic heterocycles. The average molecular weight is 315 g/mol. The molecule has 5 nitrogen and oxygen atoms in total. The standard InChI is InChI=1S/C17H33NO4/c19-16(18-22)14-12-10-8-6-4-2-1-3-5-7-9-11-13-15-17(20)21/h22H,1-15H2,(H,18,19)(H,20,21). The van der Waals surface area contributed by atoms with Gasteiger partial charge in [-0.05, 0) is 12.8 Å². The number of amides is 1. The number of hydroxylamine groups is 1. The number of rotatable bonds is 16. The highest BCUT2D eigenvalue weighted by atomic mass is 16.5. The van der Waals surface area contributed by atoms with E-state index in [0.29, 0.717) is 12.8 Å². The number of carboxylic acids is 1. The van der Waals surface area contributed by atoms with Crippen molar-refractivity contribution >= 4 is 11.9 Å². The first kappa shape index (κ1) is 20.9. The van der Waals surface area contributed by atoms with Crippen LogP contribution in [0.5, 0.6) is 0 Å². The molecule has 3 N–H and O–H groups in total. The normalized spacial score (nSPS) is 10.6. The van der Waals surface area contributed by atoms with Crippen molar-refractivity contribution in [1.29, 1.82) is 0 Å². The minimum atomic E-state index is -0.684. The molecule has 1 amide bonds. The number of carbonyl (C=O) groups excluding carboxylic acids is 1. The molecule has 0 aromatic carbocycles. The Kier molecular flexibility index (Phi) is 15.5. The van der Waals surface area contributed by atoms with E-state index in [1.807, 2.05) is 0 Å². The van der Waals surface area contributed by atoms with Crippen molar-refractivity contribution < 1.29 is 19.9 Å². The fourth-order valence-corrected chi connectivity index (χ4v) is 2.56. The van der Waals surface area contributed by atoms with Gasteiger partial charge in [0.15, 0.2) is 0 Å². The fourth-order valence-electron chi connectivity index (χ4n) is 2.56. The third-order valence-corrected chi connectivity index (χ3v) is 3.92. The van der Waals surface area contributed by atoms with Gasteiger partial charge in [0.25, 0.3) is 0 Å². The monoisotopic (exact) mass is 315 g/mol. The van der Waals surface area contributed by atoms with Crippen LogP contribution in [0.3, 0.4) is 0 Å². The summed E-state index contributed by atoms with van der Waals surface area (Å²) in [5, 5.41) is 16.9. The Morgan fingerprint density at radius 3 is 1.23 bits per heavy atom. The zero-order valence-corrected chi connectivity index (χ0v) is 13.8. The lowest BCUT2D eigenvalue weighted by atomic mass is 10.0. The van der Waals surface area contributed by atoms with Gasteiger partial charge in [-0.3, -0.25) is 14.8 Å².